The van der Waals surface area contributed by atoms with Gasteiger partial charge in [-0.3, -0.25) is 19.8 Å². The standard InChI is InChI=1S/C20H19ClN4O3/c21-15-6-7-16-17(8-11-23-18(16)12-15)22-9-1-10-24-19(26)13-2-4-14(5-3-13)20(27)25-28/h2-8,11-12,28H,1,9-10H2,(H,22,23)(H,24,26)(H,25,27). The van der Waals surface area contributed by atoms with Crippen LogP contribution in [0.4, 0.5) is 5.69 Å². The van der Waals surface area contributed by atoms with Gasteiger partial charge >= 0.3 is 0 Å². The molecule has 0 radical (unpaired) electrons. The molecule has 8 heteroatoms. The number of halogens is 1. The largest absolute Gasteiger partial charge is 0.384 e. The van der Waals surface area contributed by atoms with E-state index in [0.717, 1.165) is 23.0 Å². The zero-order chi connectivity index (χ0) is 19.9. The molecule has 3 rings (SSSR count). The Balaban J connectivity index is 1.47. The summed E-state index contributed by atoms with van der Waals surface area (Å²) < 4.78 is 0. The molecule has 3 aromatic rings. The van der Waals surface area contributed by atoms with Gasteiger partial charge in [-0.15, -0.1) is 0 Å². The molecular formula is C20H19ClN4O3. The van der Waals surface area contributed by atoms with Crippen molar-refractivity contribution >= 4 is 40.0 Å². The van der Waals surface area contributed by atoms with Crippen molar-refractivity contribution in [2.45, 2.75) is 6.42 Å². The van der Waals surface area contributed by atoms with Crippen LogP contribution in [-0.4, -0.2) is 35.1 Å². The second kappa shape index (κ2) is 9.16. The van der Waals surface area contributed by atoms with Gasteiger partial charge in [-0.2, -0.15) is 0 Å². The van der Waals surface area contributed by atoms with E-state index in [1.807, 2.05) is 24.3 Å². The topological polar surface area (TPSA) is 103 Å². The molecule has 7 nitrogen and oxygen atoms in total. The summed E-state index contributed by atoms with van der Waals surface area (Å²) in [5.41, 5.74) is 4.05. The Morgan fingerprint density at radius 2 is 1.68 bits per heavy atom. The minimum atomic E-state index is -0.621. The second-order valence-corrected chi connectivity index (χ2v) is 6.51. The number of amides is 2. The van der Waals surface area contributed by atoms with Gasteiger partial charge in [-0.1, -0.05) is 11.6 Å². The van der Waals surface area contributed by atoms with Crippen molar-refractivity contribution in [1.82, 2.24) is 15.8 Å². The van der Waals surface area contributed by atoms with Crippen molar-refractivity contribution in [3.8, 4) is 0 Å². The van der Waals surface area contributed by atoms with Gasteiger partial charge in [-0.05, 0) is 55.0 Å². The summed E-state index contributed by atoms with van der Waals surface area (Å²) in [5.74, 6) is -0.844. The van der Waals surface area contributed by atoms with E-state index in [1.165, 1.54) is 24.3 Å². The predicted octanol–water partition coefficient (Wildman–Crippen LogP) is 3.24. The van der Waals surface area contributed by atoms with Gasteiger partial charge < -0.3 is 10.6 Å². The molecule has 144 valence electrons. The number of nitrogens with one attached hydrogen (secondary N) is 3. The quantitative estimate of drug-likeness (QED) is 0.278. The third kappa shape index (κ3) is 4.76. The smallest absolute Gasteiger partial charge is 0.274 e. The zero-order valence-electron chi connectivity index (χ0n) is 14.9. The van der Waals surface area contributed by atoms with Gasteiger partial charge in [0.25, 0.3) is 11.8 Å². The summed E-state index contributed by atoms with van der Waals surface area (Å²) in [5, 5.41) is 16.4. The third-order valence-electron chi connectivity index (χ3n) is 4.17. The van der Waals surface area contributed by atoms with Crippen molar-refractivity contribution in [3.63, 3.8) is 0 Å². The summed E-state index contributed by atoms with van der Waals surface area (Å²) in [6.45, 7) is 1.18. The molecule has 2 aromatic carbocycles. The number of nitrogens with zero attached hydrogens (tertiary/aromatic N) is 1. The minimum absolute atomic E-state index is 0.222. The maximum Gasteiger partial charge on any atom is 0.274 e. The molecule has 0 atom stereocenters. The van der Waals surface area contributed by atoms with Crippen LogP contribution < -0.4 is 16.1 Å². The number of pyridine rings is 1. The Labute approximate surface area is 166 Å². The molecule has 0 spiro atoms. The number of hydroxylamine groups is 1. The van der Waals surface area contributed by atoms with E-state index in [0.29, 0.717) is 23.7 Å². The lowest BCUT2D eigenvalue weighted by Crippen LogP contribution is -2.26. The number of hydrogen-bond acceptors (Lipinski definition) is 5. The fourth-order valence-corrected chi connectivity index (χ4v) is 2.89. The molecule has 0 aliphatic heterocycles. The Bertz CT molecular complexity index is 992. The van der Waals surface area contributed by atoms with Crippen molar-refractivity contribution in [2.75, 3.05) is 18.4 Å². The first kappa shape index (κ1) is 19.6. The summed E-state index contributed by atoms with van der Waals surface area (Å²) in [4.78, 5) is 27.7. The van der Waals surface area contributed by atoms with Gasteiger partial charge in [0.15, 0.2) is 0 Å². The lowest BCUT2D eigenvalue weighted by atomic mass is 10.1. The number of fused-ring (bicyclic) bond motifs is 1. The molecule has 0 bridgehead atoms. The number of carbonyl (C=O) groups is 2. The predicted molar refractivity (Wildman–Crippen MR) is 108 cm³/mol. The summed E-state index contributed by atoms with van der Waals surface area (Å²) >= 11 is 6.00. The molecule has 0 unspecified atom stereocenters. The fraction of sp³-hybridized carbons (Fsp3) is 0.150. The molecule has 0 saturated carbocycles. The van der Waals surface area contributed by atoms with Crippen LogP contribution in [0.1, 0.15) is 27.1 Å². The van der Waals surface area contributed by atoms with Crippen molar-refractivity contribution in [3.05, 3.63) is 70.9 Å². The van der Waals surface area contributed by atoms with Gasteiger partial charge in [0.1, 0.15) is 0 Å². The number of anilines is 1. The van der Waals surface area contributed by atoms with Crippen molar-refractivity contribution in [1.29, 1.82) is 0 Å². The Hall–Kier alpha value is -3.16. The van der Waals surface area contributed by atoms with E-state index in [-0.39, 0.29) is 11.5 Å². The van der Waals surface area contributed by atoms with E-state index in [4.69, 9.17) is 16.8 Å². The molecule has 0 saturated heterocycles. The first-order chi connectivity index (χ1) is 13.6. The highest BCUT2D eigenvalue weighted by atomic mass is 35.5. The highest BCUT2D eigenvalue weighted by Gasteiger charge is 2.08. The summed E-state index contributed by atoms with van der Waals surface area (Å²) in [6.07, 6.45) is 2.46. The Kier molecular flexibility index (Phi) is 6.41. The second-order valence-electron chi connectivity index (χ2n) is 6.07. The fourth-order valence-electron chi connectivity index (χ4n) is 2.73. The number of carbonyl (C=O) groups excluding carboxylic acids is 2. The molecule has 2 amide bonds. The van der Waals surface area contributed by atoms with E-state index >= 15 is 0 Å². The highest BCUT2D eigenvalue weighted by Crippen LogP contribution is 2.24. The van der Waals surface area contributed by atoms with E-state index in [1.54, 1.807) is 11.7 Å². The number of benzene rings is 2. The normalized spacial score (nSPS) is 10.5. The van der Waals surface area contributed by atoms with Crippen LogP contribution in [-0.2, 0) is 0 Å². The first-order valence-corrected chi connectivity index (χ1v) is 9.07. The number of aromatic nitrogens is 1. The molecule has 28 heavy (non-hydrogen) atoms. The molecular weight excluding hydrogens is 380 g/mol. The maximum absolute atomic E-state index is 12.1. The van der Waals surface area contributed by atoms with E-state index in [9.17, 15) is 9.59 Å². The van der Waals surface area contributed by atoms with Crippen molar-refractivity contribution in [2.24, 2.45) is 0 Å². The Morgan fingerprint density at radius 3 is 2.39 bits per heavy atom. The van der Waals surface area contributed by atoms with Crippen LogP contribution in [0.2, 0.25) is 5.02 Å². The number of hydrogen-bond donors (Lipinski definition) is 4. The lowest BCUT2D eigenvalue weighted by molar-refractivity contribution is 0.0706. The van der Waals surface area contributed by atoms with Gasteiger partial charge in [-0.25, -0.2) is 5.48 Å². The average Bonchev–Trinajstić information content (AvgIpc) is 2.72. The SMILES string of the molecule is O=C(NO)c1ccc(C(=O)NCCCNc2ccnc3cc(Cl)ccc23)cc1. The van der Waals surface area contributed by atoms with Gasteiger partial charge in [0, 0.05) is 46.5 Å². The molecule has 0 aliphatic carbocycles. The van der Waals surface area contributed by atoms with E-state index < -0.39 is 5.91 Å². The summed E-state index contributed by atoms with van der Waals surface area (Å²) in [7, 11) is 0. The number of rotatable bonds is 7. The average molecular weight is 399 g/mol. The van der Waals surface area contributed by atoms with Gasteiger partial charge in [0.2, 0.25) is 0 Å². The molecule has 4 N–H and O–H groups in total. The van der Waals surface area contributed by atoms with E-state index in [2.05, 4.69) is 15.6 Å². The first-order valence-electron chi connectivity index (χ1n) is 8.69. The molecule has 0 fully saturated rings. The molecule has 1 heterocycles. The monoisotopic (exact) mass is 398 g/mol. The Morgan fingerprint density at radius 1 is 0.964 bits per heavy atom. The minimum Gasteiger partial charge on any atom is -0.384 e. The zero-order valence-corrected chi connectivity index (χ0v) is 15.7. The third-order valence-corrected chi connectivity index (χ3v) is 4.41. The lowest BCUT2D eigenvalue weighted by Gasteiger charge is -2.10. The van der Waals surface area contributed by atoms with Crippen LogP contribution in [0.25, 0.3) is 10.9 Å². The van der Waals surface area contributed by atoms with Crippen molar-refractivity contribution < 1.29 is 14.8 Å². The van der Waals surface area contributed by atoms with Crippen LogP contribution in [0.5, 0.6) is 0 Å². The van der Waals surface area contributed by atoms with Crippen LogP contribution in [0, 0.1) is 0 Å². The van der Waals surface area contributed by atoms with Crippen LogP contribution >= 0.6 is 11.6 Å². The van der Waals surface area contributed by atoms with Gasteiger partial charge in [0.05, 0.1) is 5.52 Å². The molecule has 0 aliphatic rings. The highest BCUT2D eigenvalue weighted by molar-refractivity contribution is 6.31. The summed E-state index contributed by atoms with van der Waals surface area (Å²) in [6, 6.07) is 13.5. The van der Waals surface area contributed by atoms with Crippen LogP contribution in [0.15, 0.2) is 54.7 Å². The maximum atomic E-state index is 12.1. The molecule has 1 aromatic heterocycles. The van der Waals surface area contributed by atoms with Crippen LogP contribution in [0.3, 0.4) is 0 Å².